The first-order valence-electron chi connectivity index (χ1n) is 4.60. The number of rotatable bonds is 2. The molecule has 1 heterocycles. The van der Waals surface area contributed by atoms with Gasteiger partial charge in [-0.05, 0) is 19.8 Å². The molecule has 80 valence electrons. The van der Waals surface area contributed by atoms with Gasteiger partial charge in [0.05, 0.1) is 12.7 Å². The normalized spacial score (nSPS) is 13.3. The SMILES string of the molecule is CCOC(=O)c1nncs1.N#CC1CC1. The average molecular weight is 225 g/mol. The molecule has 0 radical (unpaired) electrons. The summed E-state index contributed by atoms with van der Waals surface area (Å²) in [7, 11) is 0. The van der Waals surface area contributed by atoms with Crippen LogP contribution in [0.4, 0.5) is 0 Å². The van der Waals surface area contributed by atoms with Crippen LogP contribution < -0.4 is 0 Å². The third kappa shape index (κ3) is 4.51. The zero-order valence-electron chi connectivity index (χ0n) is 8.34. The molecule has 1 fully saturated rings. The number of carbonyl (C=O) groups excluding carboxylic acids is 1. The molecule has 5 nitrogen and oxygen atoms in total. The molecule has 1 aromatic heterocycles. The van der Waals surface area contributed by atoms with Gasteiger partial charge in [0.1, 0.15) is 5.51 Å². The van der Waals surface area contributed by atoms with E-state index in [1.54, 1.807) is 6.92 Å². The van der Waals surface area contributed by atoms with Crippen molar-refractivity contribution in [1.82, 2.24) is 10.2 Å². The second-order valence-corrected chi connectivity index (χ2v) is 3.70. The third-order valence-electron chi connectivity index (χ3n) is 1.57. The molecule has 0 saturated heterocycles. The van der Waals surface area contributed by atoms with Crippen LogP contribution in [0.2, 0.25) is 0 Å². The predicted octanol–water partition coefficient (Wildman–Crippen LogP) is 1.63. The molecule has 1 aliphatic carbocycles. The van der Waals surface area contributed by atoms with Crippen molar-refractivity contribution in [3.8, 4) is 6.07 Å². The fraction of sp³-hybridized carbons (Fsp3) is 0.556. The Morgan fingerprint density at radius 2 is 2.53 bits per heavy atom. The topological polar surface area (TPSA) is 75.9 Å². The molecule has 0 unspecified atom stereocenters. The summed E-state index contributed by atoms with van der Waals surface area (Å²) in [4.78, 5) is 10.8. The highest BCUT2D eigenvalue weighted by Gasteiger charge is 2.19. The van der Waals surface area contributed by atoms with E-state index in [2.05, 4.69) is 21.0 Å². The highest BCUT2D eigenvalue weighted by Crippen LogP contribution is 2.26. The van der Waals surface area contributed by atoms with Gasteiger partial charge in [-0.25, -0.2) is 4.79 Å². The Kier molecular flexibility index (Phi) is 4.71. The summed E-state index contributed by atoms with van der Waals surface area (Å²) in [5.74, 6) is 0.0417. The van der Waals surface area contributed by atoms with Gasteiger partial charge in [-0.2, -0.15) is 5.26 Å². The van der Waals surface area contributed by atoms with Crippen molar-refractivity contribution >= 4 is 17.3 Å². The molecule has 0 amide bonds. The van der Waals surface area contributed by atoms with E-state index in [4.69, 9.17) is 5.26 Å². The van der Waals surface area contributed by atoms with Crippen molar-refractivity contribution in [2.75, 3.05) is 6.61 Å². The lowest BCUT2D eigenvalue weighted by atomic mass is 10.5. The van der Waals surface area contributed by atoms with E-state index in [-0.39, 0.29) is 0 Å². The largest absolute Gasteiger partial charge is 0.461 e. The lowest BCUT2D eigenvalue weighted by Crippen LogP contribution is -2.03. The monoisotopic (exact) mass is 225 g/mol. The fourth-order valence-electron chi connectivity index (χ4n) is 0.667. The molecule has 0 bridgehead atoms. The van der Waals surface area contributed by atoms with E-state index in [0.29, 0.717) is 17.5 Å². The van der Waals surface area contributed by atoms with Gasteiger partial charge in [0, 0.05) is 5.92 Å². The van der Waals surface area contributed by atoms with E-state index in [9.17, 15) is 4.79 Å². The predicted molar refractivity (Wildman–Crippen MR) is 54.2 cm³/mol. The van der Waals surface area contributed by atoms with Gasteiger partial charge < -0.3 is 4.74 Å². The van der Waals surface area contributed by atoms with Gasteiger partial charge >= 0.3 is 5.97 Å². The van der Waals surface area contributed by atoms with Crippen LogP contribution in [-0.2, 0) is 4.74 Å². The minimum atomic E-state index is -0.398. The van der Waals surface area contributed by atoms with Crippen LogP contribution in [0.25, 0.3) is 0 Å². The number of esters is 1. The van der Waals surface area contributed by atoms with Crippen molar-refractivity contribution in [1.29, 1.82) is 5.26 Å². The molecule has 0 spiro atoms. The molecular weight excluding hydrogens is 214 g/mol. The smallest absolute Gasteiger partial charge is 0.369 e. The second-order valence-electron chi connectivity index (χ2n) is 2.87. The molecule has 15 heavy (non-hydrogen) atoms. The van der Waals surface area contributed by atoms with Crippen LogP contribution in [0, 0.1) is 17.2 Å². The number of nitriles is 1. The van der Waals surface area contributed by atoms with Gasteiger partial charge in [0.15, 0.2) is 0 Å². The Morgan fingerprint density at radius 1 is 1.80 bits per heavy atom. The van der Waals surface area contributed by atoms with Crippen molar-refractivity contribution in [2.45, 2.75) is 19.8 Å². The number of ether oxygens (including phenoxy) is 1. The first kappa shape index (κ1) is 11.6. The van der Waals surface area contributed by atoms with E-state index < -0.39 is 5.97 Å². The Bertz CT molecular complexity index is 341. The maximum absolute atomic E-state index is 10.8. The molecule has 0 atom stereocenters. The molecule has 0 aromatic carbocycles. The first-order chi connectivity index (χ1) is 7.27. The number of carbonyl (C=O) groups is 1. The van der Waals surface area contributed by atoms with Crippen molar-refractivity contribution in [2.24, 2.45) is 5.92 Å². The number of hydrogen-bond donors (Lipinski definition) is 0. The van der Waals surface area contributed by atoms with Crippen molar-refractivity contribution < 1.29 is 9.53 Å². The van der Waals surface area contributed by atoms with E-state index in [0.717, 1.165) is 12.8 Å². The van der Waals surface area contributed by atoms with Crippen molar-refractivity contribution in [3.05, 3.63) is 10.5 Å². The quantitative estimate of drug-likeness (QED) is 0.715. The van der Waals surface area contributed by atoms with Gasteiger partial charge in [-0.1, -0.05) is 11.3 Å². The van der Waals surface area contributed by atoms with Gasteiger partial charge in [-0.3, -0.25) is 0 Å². The highest BCUT2D eigenvalue weighted by atomic mass is 32.1. The Morgan fingerprint density at radius 3 is 2.87 bits per heavy atom. The molecule has 0 N–H and O–H groups in total. The number of aromatic nitrogens is 2. The molecule has 6 heteroatoms. The Labute approximate surface area is 91.7 Å². The van der Waals surface area contributed by atoms with Gasteiger partial charge in [0.2, 0.25) is 5.01 Å². The van der Waals surface area contributed by atoms with Crippen LogP contribution in [0.3, 0.4) is 0 Å². The standard InChI is InChI=1S/C5H6N2O2S.C4H5N/c1-2-9-5(8)4-7-6-3-10-4;5-3-4-1-2-4/h3H,2H2,1H3;4H,1-2H2. The number of hydrogen-bond acceptors (Lipinski definition) is 6. The summed E-state index contributed by atoms with van der Waals surface area (Å²) >= 11 is 1.17. The van der Waals surface area contributed by atoms with Gasteiger partial charge in [-0.15, -0.1) is 10.2 Å². The lowest BCUT2D eigenvalue weighted by Gasteiger charge is -1.93. The molecular formula is C9H11N3O2S. The lowest BCUT2D eigenvalue weighted by molar-refractivity contribution is 0.0525. The summed E-state index contributed by atoms with van der Waals surface area (Å²) in [6.07, 6.45) is 2.30. The van der Waals surface area contributed by atoms with E-state index >= 15 is 0 Å². The van der Waals surface area contributed by atoms with Gasteiger partial charge in [0.25, 0.3) is 0 Å². The van der Waals surface area contributed by atoms with Crippen LogP contribution in [0.15, 0.2) is 5.51 Å². The zero-order chi connectivity index (χ0) is 11.1. The summed E-state index contributed by atoms with van der Waals surface area (Å²) in [6.45, 7) is 2.12. The first-order valence-corrected chi connectivity index (χ1v) is 5.48. The van der Waals surface area contributed by atoms with Crippen LogP contribution >= 0.6 is 11.3 Å². The molecule has 1 aromatic rings. The molecule has 0 aliphatic heterocycles. The maximum atomic E-state index is 10.8. The number of nitrogens with zero attached hydrogens (tertiary/aromatic N) is 3. The molecule has 1 saturated carbocycles. The van der Waals surface area contributed by atoms with Crippen molar-refractivity contribution in [3.63, 3.8) is 0 Å². The zero-order valence-corrected chi connectivity index (χ0v) is 9.16. The maximum Gasteiger partial charge on any atom is 0.369 e. The van der Waals surface area contributed by atoms with Crippen LogP contribution in [0.5, 0.6) is 0 Å². The summed E-state index contributed by atoms with van der Waals surface area (Å²) in [6, 6.07) is 2.14. The Balaban J connectivity index is 0.000000187. The molecule has 1 aliphatic rings. The second kappa shape index (κ2) is 6.09. The fourth-order valence-corrected chi connectivity index (χ4v) is 1.11. The third-order valence-corrected chi connectivity index (χ3v) is 2.24. The minimum absolute atomic E-state index is 0.307. The summed E-state index contributed by atoms with van der Waals surface area (Å²) in [5, 5.41) is 15.3. The summed E-state index contributed by atoms with van der Waals surface area (Å²) < 4.78 is 4.66. The highest BCUT2D eigenvalue weighted by molar-refractivity contribution is 7.11. The van der Waals surface area contributed by atoms with Crippen LogP contribution in [-0.4, -0.2) is 22.8 Å². The van der Waals surface area contributed by atoms with E-state index in [1.807, 2.05) is 0 Å². The van der Waals surface area contributed by atoms with Crippen LogP contribution in [0.1, 0.15) is 29.6 Å². The average Bonchev–Trinajstić information content (AvgIpc) is 2.93. The summed E-state index contributed by atoms with van der Waals surface area (Å²) in [5.41, 5.74) is 1.49. The minimum Gasteiger partial charge on any atom is -0.461 e. The Hall–Kier alpha value is -1.48. The molecule has 2 rings (SSSR count). The van der Waals surface area contributed by atoms with E-state index in [1.165, 1.54) is 16.8 Å².